The number of hydrogen-bond donors (Lipinski definition) is 1. The van der Waals surface area contributed by atoms with E-state index in [-0.39, 0.29) is 29.0 Å². The Morgan fingerprint density at radius 1 is 0.939 bits per heavy atom. The number of anilines is 1. The molecular weight excluding hydrogens is 428 g/mol. The van der Waals surface area contributed by atoms with Crippen LogP contribution in [-0.2, 0) is 16.1 Å². The highest BCUT2D eigenvalue weighted by atomic mass is 16.5. The molecular formula is C24H18N2O7. The van der Waals surface area contributed by atoms with Crippen LogP contribution in [0.2, 0.25) is 0 Å². The molecule has 9 heteroatoms. The number of carbonyl (C=O) groups is 5. The summed E-state index contributed by atoms with van der Waals surface area (Å²) >= 11 is 0. The standard InChI is InChI=1S/C24H18N2O7/c1-14(27)15-4-2-5-17(10-15)25-21(28)13-33-24(31)16-7-8-19-20(11-16)23(30)26(22(19)29)12-18-6-3-9-32-18/h2-11H,12-13H2,1H3,(H,25,28). The van der Waals surface area contributed by atoms with Gasteiger partial charge in [-0.05, 0) is 49.4 Å². The maximum atomic E-state index is 12.7. The number of imide groups is 1. The molecule has 3 amide bonds. The Balaban J connectivity index is 1.39. The van der Waals surface area contributed by atoms with Crippen LogP contribution < -0.4 is 5.32 Å². The fourth-order valence-electron chi connectivity index (χ4n) is 3.35. The Kier molecular flexibility index (Phi) is 5.86. The van der Waals surface area contributed by atoms with Crippen LogP contribution in [-0.4, -0.2) is 41.0 Å². The minimum atomic E-state index is -0.824. The normalized spacial score (nSPS) is 12.5. The molecule has 1 aliphatic heterocycles. The van der Waals surface area contributed by atoms with Crippen molar-refractivity contribution in [3.05, 3.63) is 88.9 Å². The number of hydrogen-bond acceptors (Lipinski definition) is 7. The van der Waals surface area contributed by atoms with E-state index in [0.29, 0.717) is 17.0 Å². The van der Waals surface area contributed by atoms with Gasteiger partial charge in [-0.25, -0.2) is 4.79 Å². The van der Waals surface area contributed by atoms with Crippen molar-refractivity contribution in [2.24, 2.45) is 0 Å². The van der Waals surface area contributed by atoms with E-state index in [1.807, 2.05) is 0 Å². The van der Waals surface area contributed by atoms with Gasteiger partial charge in [-0.3, -0.25) is 24.1 Å². The first-order chi connectivity index (χ1) is 15.8. The van der Waals surface area contributed by atoms with Gasteiger partial charge >= 0.3 is 5.97 Å². The average molecular weight is 446 g/mol. The highest BCUT2D eigenvalue weighted by molar-refractivity contribution is 6.21. The monoisotopic (exact) mass is 446 g/mol. The van der Waals surface area contributed by atoms with E-state index in [9.17, 15) is 24.0 Å². The smallest absolute Gasteiger partial charge is 0.338 e. The molecule has 0 bridgehead atoms. The van der Waals surface area contributed by atoms with Gasteiger partial charge in [0.15, 0.2) is 12.4 Å². The highest BCUT2D eigenvalue weighted by Crippen LogP contribution is 2.26. The zero-order valence-electron chi connectivity index (χ0n) is 17.5. The Hall–Kier alpha value is -4.53. The average Bonchev–Trinajstić information content (AvgIpc) is 3.40. The molecule has 9 nitrogen and oxygen atoms in total. The third-order valence-electron chi connectivity index (χ3n) is 4.99. The molecule has 0 spiro atoms. The molecule has 3 aromatic rings. The summed E-state index contributed by atoms with van der Waals surface area (Å²) in [5, 5.41) is 2.54. The number of amides is 3. The summed E-state index contributed by atoms with van der Waals surface area (Å²) < 4.78 is 10.2. The Morgan fingerprint density at radius 3 is 2.45 bits per heavy atom. The van der Waals surface area contributed by atoms with Gasteiger partial charge in [-0.15, -0.1) is 0 Å². The maximum Gasteiger partial charge on any atom is 0.338 e. The topological polar surface area (TPSA) is 123 Å². The quantitative estimate of drug-likeness (QED) is 0.336. The van der Waals surface area contributed by atoms with Crippen LogP contribution in [0.5, 0.6) is 0 Å². The van der Waals surface area contributed by atoms with Crippen molar-refractivity contribution in [2.45, 2.75) is 13.5 Å². The predicted molar refractivity (Wildman–Crippen MR) is 115 cm³/mol. The number of carbonyl (C=O) groups excluding carboxylic acids is 5. The van der Waals surface area contributed by atoms with Crippen molar-refractivity contribution in [1.29, 1.82) is 0 Å². The second-order valence-corrected chi connectivity index (χ2v) is 7.30. The number of esters is 1. The van der Waals surface area contributed by atoms with Crippen LogP contribution >= 0.6 is 0 Å². The summed E-state index contributed by atoms with van der Waals surface area (Å²) in [6.07, 6.45) is 1.44. The van der Waals surface area contributed by atoms with Crippen molar-refractivity contribution >= 4 is 35.2 Å². The van der Waals surface area contributed by atoms with E-state index in [1.54, 1.807) is 30.3 Å². The molecule has 1 aromatic heterocycles. The molecule has 33 heavy (non-hydrogen) atoms. The van der Waals surface area contributed by atoms with Gasteiger partial charge in [-0.2, -0.15) is 0 Å². The van der Waals surface area contributed by atoms with Crippen LogP contribution in [0, 0.1) is 0 Å². The zero-order chi connectivity index (χ0) is 23.5. The van der Waals surface area contributed by atoms with Crippen molar-refractivity contribution in [3.8, 4) is 0 Å². The van der Waals surface area contributed by atoms with Gasteiger partial charge in [0.25, 0.3) is 17.7 Å². The summed E-state index contributed by atoms with van der Waals surface area (Å²) in [5.74, 6) is -2.16. The molecule has 4 rings (SSSR count). The first kappa shape index (κ1) is 21.7. The largest absolute Gasteiger partial charge is 0.467 e. The Morgan fingerprint density at radius 2 is 1.73 bits per heavy atom. The molecule has 2 aromatic carbocycles. The van der Waals surface area contributed by atoms with Gasteiger partial charge in [0.05, 0.1) is 29.5 Å². The van der Waals surface area contributed by atoms with Crippen LogP contribution in [0.1, 0.15) is 54.1 Å². The second kappa shape index (κ2) is 8.91. The lowest BCUT2D eigenvalue weighted by Crippen LogP contribution is -2.28. The number of Topliss-reactive ketones (excluding diaryl/α,β-unsaturated/α-hetero) is 1. The molecule has 0 unspecified atom stereocenters. The molecule has 0 saturated carbocycles. The summed E-state index contributed by atoms with van der Waals surface area (Å²) in [6, 6.07) is 13.7. The lowest BCUT2D eigenvalue weighted by molar-refractivity contribution is -0.119. The van der Waals surface area contributed by atoms with Gasteiger partial charge in [0, 0.05) is 11.3 Å². The third-order valence-corrected chi connectivity index (χ3v) is 4.99. The van der Waals surface area contributed by atoms with Crippen LogP contribution in [0.3, 0.4) is 0 Å². The van der Waals surface area contributed by atoms with E-state index in [4.69, 9.17) is 9.15 Å². The summed E-state index contributed by atoms with van der Waals surface area (Å²) in [5.41, 5.74) is 1.10. The fourth-order valence-corrected chi connectivity index (χ4v) is 3.35. The third kappa shape index (κ3) is 4.57. The number of rotatable bonds is 7. The summed E-state index contributed by atoms with van der Waals surface area (Å²) in [7, 11) is 0. The molecule has 0 atom stereocenters. The molecule has 0 fully saturated rings. The SMILES string of the molecule is CC(=O)c1cccc(NC(=O)COC(=O)c2ccc3c(c2)C(=O)N(Cc2ccco2)C3=O)c1. The first-order valence-corrected chi connectivity index (χ1v) is 9.94. The number of ketones is 1. The van der Waals surface area contributed by atoms with Crippen LogP contribution in [0.25, 0.3) is 0 Å². The summed E-state index contributed by atoms with van der Waals surface area (Å²) in [4.78, 5) is 62.2. The molecule has 2 heterocycles. The van der Waals surface area contributed by atoms with Crippen LogP contribution in [0.4, 0.5) is 5.69 Å². The first-order valence-electron chi connectivity index (χ1n) is 9.94. The van der Waals surface area contributed by atoms with E-state index >= 15 is 0 Å². The van der Waals surface area contributed by atoms with Gasteiger partial charge in [0.2, 0.25) is 0 Å². The number of benzene rings is 2. The van der Waals surface area contributed by atoms with E-state index in [0.717, 1.165) is 4.90 Å². The Labute approximate surface area is 187 Å². The van der Waals surface area contributed by atoms with Crippen LogP contribution in [0.15, 0.2) is 65.3 Å². The minimum Gasteiger partial charge on any atom is -0.467 e. The minimum absolute atomic E-state index is 0.0237. The molecule has 0 radical (unpaired) electrons. The van der Waals surface area contributed by atoms with E-state index in [2.05, 4.69) is 5.32 Å². The van der Waals surface area contributed by atoms with Gasteiger partial charge in [-0.1, -0.05) is 12.1 Å². The molecule has 166 valence electrons. The summed E-state index contributed by atoms with van der Waals surface area (Å²) in [6.45, 7) is 0.815. The second-order valence-electron chi connectivity index (χ2n) is 7.30. The number of fused-ring (bicyclic) bond motifs is 1. The fraction of sp³-hybridized carbons (Fsp3) is 0.125. The number of nitrogens with one attached hydrogen (secondary N) is 1. The zero-order valence-corrected chi connectivity index (χ0v) is 17.5. The van der Waals surface area contributed by atoms with Crippen molar-refractivity contribution in [2.75, 3.05) is 11.9 Å². The molecule has 1 N–H and O–H groups in total. The Bertz CT molecular complexity index is 1280. The number of nitrogens with zero attached hydrogens (tertiary/aromatic N) is 1. The number of furan rings is 1. The van der Waals surface area contributed by atoms with Crippen molar-refractivity contribution in [3.63, 3.8) is 0 Å². The predicted octanol–water partition coefficient (Wildman–Crippen LogP) is 3.07. The number of ether oxygens (including phenoxy) is 1. The molecule has 0 saturated heterocycles. The lowest BCUT2D eigenvalue weighted by Gasteiger charge is -2.11. The van der Waals surface area contributed by atoms with E-state index in [1.165, 1.54) is 37.5 Å². The van der Waals surface area contributed by atoms with Gasteiger partial charge in [0.1, 0.15) is 5.76 Å². The van der Waals surface area contributed by atoms with Gasteiger partial charge < -0.3 is 14.5 Å². The van der Waals surface area contributed by atoms with Crippen molar-refractivity contribution in [1.82, 2.24) is 4.90 Å². The molecule has 1 aliphatic rings. The maximum absolute atomic E-state index is 12.7. The van der Waals surface area contributed by atoms with Crippen molar-refractivity contribution < 1.29 is 33.1 Å². The van der Waals surface area contributed by atoms with E-state index < -0.39 is 30.3 Å². The molecule has 0 aliphatic carbocycles. The lowest BCUT2D eigenvalue weighted by atomic mass is 10.1. The highest BCUT2D eigenvalue weighted by Gasteiger charge is 2.36.